The van der Waals surface area contributed by atoms with Crippen molar-refractivity contribution in [3.8, 4) is 17.1 Å². The van der Waals surface area contributed by atoms with Gasteiger partial charge in [0.2, 0.25) is 5.88 Å². The summed E-state index contributed by atoms with van der Waals surface area (Å²) in [5.41, 5.74) is 4.22. The van der Waals surface area contributed by atoms with Gasteiger partial charge in [-0.3, -0.25) is 4.90 Å². The smallest absolute Gasteiger partial charge is 0.327 e. The number of hydrogen-bond acceptors (Lipinski definition) is 7. The van der Waals surface area contributed by atoms with Crippen LogP contribution in [0.2, 0.25) is 0 Å². The van der Waals surface area contributed by atoms with E-state index < -0.39 is 12.7 Å². The first-order valence-corrected chi connectivity index (χ1v) is 10.8. The van der Waals surface area contributed by atoms with E-state index >= 15 is 0 Å². The van der Waals surface area contributed by atoms with E-state index in [9.17, 15) is 9.90 Å². The van der Waals surface area contributed by atoms with E-state index in [-0.39, 0.29) is 18.5 Å². The van der Waals surface area contributed by atoms with Crippen LogP contribution in [0.4, 0.5) is 22.0 Å². The first kappa shape index (κ1) is 22.5. The largest absolute Gasteiger partial charge is 0.475 e. The van der Waals surface area contributed by atoms with Gasteiger partial charge in [0.25, 0.3) is 0 Å². The fourth-order valence-electron chi connectivity index (χ4n) is 3.51. The normalized spacial score (nSPS) is 14.0. The van der Waals surface area contributed by atoms with Gasteiger partial charge in [0.15, 0.2) is 5.82 Å². The Balaban J connectivity index is 1.56. The summed E-state index contributed by atoms with van der Waals surface area (Å²) in [6.07, 6.45) is 1.27. The molecule has 0 saturated heterocycles. The van der Waals surface area contributed by atoms with Crippen LogP contribution in [-0.2, 0) is 0 Å². The van der Waals surface area contributed by atoms with Crippen LogP contribution in [0.5, 0.6) is 5.88 Å². The molecule has 3 aromatic rings. The number of nitrogens with zero attached hydrogens (tertiary/aromatic N) is 3. The van der Waals surface area contributed by atoms with E-state index in [0.29, 0.717) is 18.1 Å². The highest BCUT2D eigenvalue weighted by Gasteiger charge is 2.23. The zero-order chi connectivity index (χ0) is 23.2. The number of ether oxygens (including phenoxy) is 1. The van der Waals surface area contributed by atoms with Gasteiger partial charge in [-0.15, -0.1) is 0 Å². The van der Waals surface area contributed by atoms with Crippen molar-refractivity contribution in [3.05, 3.63) is 60.3 Å². The van der Waals surface area contributed by atoms with Crippen LogP contribution in [-0.4, -0.2) is 58.6 Å². The predicted octanol–water partition coefficient (Wildman–Crippen LogP) is 3.04. The van der Waals surface area contributed by atoms with Crippen LogP contribution >= 0.6 is 0 Å². The van der Waals surface area contributed by atoms with E-state index in [1.807, 2.05) is 37.3 Å². The molecule has 0 radical (unpaired) electrons. The van der Waals surface area contributed by atoms with Crippen LogP contribution in [0.1, 0.15) is 12.0 Å². The van der Waals surface area contributed by atoms with Crippen LogP contribution in [0.25, 0.3) is 11.3 Å². The molecule has 33 heavy (non-hydrogen) atoms. The van der Waals surface area contributed by atoms with Gasteiger partial charge < -0.3 is 25.6 Å². The lowest BCUT2D eigenvalue weighted by atomic mass is 10.1. The maximum Gasteiger partial charge on any atom is 0.327 e. The number of aryl methyl sites for hydroxylation is 1. The molecule has 0 bridgehead atoms. The number of pyridine rings is 2. The van der Waals surface area contributed by atoms with Crippen molar-refractivity contribution in [2.45, 2.75) is 19.4 Å². The zero-order valence-corrected chi connectivity index (χ0v) is 18.4. The Morgan fingerprint density at radius 1 is 1.27 bits per heavy atom. The monoisotopic (exact) mass is 449 g/mol. The summed E-state index contributed by atoms with van der Waals surface area (Å²) in [5.74, 6) is 0.804. The fraction of sp³-hybridized carbons (Fsp3) is 0.292. The number of urea groups is 1. The highest BCUT2D eigenvalue weighted by molar-refractivity contribution is 6.03. The Bertz CT molecular complexity index is 1120. The second kappa shape index (κ2) is 10.3. The van der Waals surface area contributed by atoms with E-state index in [1.165, 1.54) is 6.20 Å². The summed E-state index contributed by atoms with van der Waals surface area (Å²) < 4.78 is 5.37. The quantitative estimate of drug-likeness (QED) is 0.457. The topological polar surface area (TPSA) is 120 Å². The van der Waals surface area contributed by atoms with Crippen LogP contribution in [0.3, 0.4) is 0 Å². The van der Waals surface area contributed by atoms with Gasteiger partial charge >= 0.3 is 6.03 Å². The average Bonchev–Trinajstić information content (AvgIpc) is 3.05. The summed E-state index contributed by atoms with van der Waals surface area (Å²) in [4.78, 5) is 23.7. The van der Waals surface area contributed by atoms with Crippen LogP contribution < -0.4 is 20.3 Å². The summed E-state index contributed by atoms with van der Waals surface area (Å²) in [5, 5.41) is 24.6. The number of carbonyl (C=O) groups excluding carboxylic acids is 1. The highest BCUT2D eigenvalue weighted by Crippen LogP contribution is 2.31. The Hall–Kier alpha value is -3.69. The molecule has 9 nitrogen and oxygen atoms in total. The number of nitrogens with one attached hydrogen (secondary N) is 2. The number of aromatic nitrogens is 2. The molecule has 1 aromatic carbocycles. The minimum Gasteiger partial charge on any atom is -0.475 e. The minimum absolute atomic E-state index is 0.0995. The number of benzene rings is 1. The Morgan fingerprint density at radius 3 is 2.97 bits per heavy atom. The molecule has 0 saturated carbocycles. The Kier molecular flexibility index (Phi) is 7.01. The minimum atomic E-state index is -1.00. The number of fused-ring (bicyclic) bond motifs is 1. The molecule has 1 aliphatic rings. The summed E-state index contributed by atoms with van der Waals surface area (Å²) >= 11 is 0. The summed E-state index contributed by atoms with van der Waals surface area (Å²) in [6, 6.07) is 14.9. The molecule has 3 heterocycles. The number of aliphatic hydroxyl groups excluding tert-OH is 2. The van der Waals surface area contributed by atoms with Gasteiger partial charge in [-0.2, -0.15) is 0 Å². The molecule has 1 aliphatic heterocycles. The van der Waals surface area contributed by atoms with E-state index in [4.69, 9.17) is 14.8 Å². The fourth-order valence-corrected chi connectivity index (χ4v) is 3.51. The number of carbonyl (C=O) groups is 1. The predicted molar refractivity (Wildman–Crippen MR) is 127 cm³/mol. The maximum absolute atomic E-state index is 13.2. The molecule has 172 valence electrons. The second-order valence-corrected chi connectivity index (χ2v) is 7.83. The van der Waals surface area contributed by atoms with Crippen molar-refractivity contribution < 1.29 is 19.7 Å². The van der Waals surface area contributed by atoms with E-state index in [0.717, 1.165) is 35.5 Å². The van der Waals surface area contributed by atoms with Gasteiger partial charge in [-0.05, 0) is 37.6 Å². The van der Waals surface area contributed by atoms with Crippen molar-refractivity contribution >= 4 is 23.2 Å². The van der Waals surface area contributed by atoms with Gasteiger partial charge in [0.1, 0.15) is 12.7 Å². The molecule has 2 aromatic heterocycles. The van der Waals surface area contributed by atoms with E-state index in [2.05, 4.69) is 21.7 Å². The molecule has 2 amide bonds. The standard InChI is InChI=1S/C24H27N5O4/c1-16-4-2-5-17(12-16)20-6-7-21-23(28-20)29(11-3-9-25-21)24(32)27-18-8-10-26-22(13-18)33-15-19(31)14-30/h2,4-8,10,12-13,19,25,30-31H,3,9,11,14-15H2,1H3,(H,26,27,32)/t19-/m1/s1. The maximum atomic E-state index is 13.2. The second-order valence-electron chi connectivity index (χ2n) is 7.83. The number of anilines is 3. The molecule has 1 atom stereocenters. The first-order valence-electron chi connectivity index (χ1n) is 10.8. The van der Waals surface area contributed by atoms with E-state index in [1.54, 1.807) is 17.0 Å². The zero-order valence-electron chi connectivity index (χ0n) is 18.4. The van der Waals surface area contributed by atoms with Crippen molar-refractivity contribution in [2.24, 2.45) is 0 Å². The highest BCUT2D eigenvalue weighted by atomic mass is 16.5. The molecule has 0 fully saturated rings. The van der Waals surface area contributed by atoms with Crippen molar-refractivity contribution in [1.82, 2.24) is 9.97 Å². The molecule has 4 rings (SSSR count). The van der Waals surface area contributed by atoms with Crippen molar-refractivity contribution in [3.63, 3.8) is 0 Å². The number of amides is 2. The summed E-state index contributed by atoms with van der Waals surface area (Å²) in [7, 11) is 0. The number of rotatable bonds is 6. The third-order valence-corrected chi connectivity index (χ3v) is 5.18. The van der Waals surface area contributed by atoms with Gasteiger partial charge in [0, 0.05) is 36.6 Å². The molecular weight excluding hydrogens is 422 g/mol. The Labute approximate surface area is 192 Å². The van der Waals surface area contributed by atoms with Gasteiger partial charge in [-0.25, -0.2) is 14.8 Å². The lowest BCUT2D eigenvalue weighted by Crippen LogP contribution is -2.36. The molecule has 0 aliphatic carbocycles. The molecule has 4 N–H and O–H groups in total. The van der Waals surface area contributed by atoms with Crippen LogP contribution in [0, 0.1) is 6.92 Å². The van der Waals surface area contributed by atoms with Gasteiger partial charge in [0.05, 0.1) is 18.0 Å². The number of hydrogen-bond donors (Lipinski definition) is 4. The first-order chi connectivity index (χ1) is 16.0. The molecule has 0 spiro atoms. The number of aliphatic hydroxyl groups is 2. The average molecular weight is 450 g/mol. The SMILES string of the molecule is Cc1cccc(-c2ccc3c(n2)N(C(=O)Nc2ccnc(OC[C@H](O)CO)c2)CCCN3)c1. The third-order valence-electron chi connectivity index (χ3n) is 5.18. The lowest BCUT2D eigenvalue weighted by molar-refractivity contribution is 0.0521. The molecule has 0 unspecified atom stereocenters. The third kappa shape index (κ3) is 5.57. The lowest BCUT2D eigenvalue weighted by Gasteiger charge is -2.22. The van der Waals surface area contributed by atoms with Crippen molar-refractivity contribution in [2.75, 3.05) is 41.8 Å². The summed E-state index contributed by atoms with van der Waals surface area (Å²) in [6.45, 7) is 2.77. The van der Waals surface area contributed by atoms with Gasteiger partial charge in [-0.1, -0.05) is 23.8 Å². The molecular formula is C24H27N5O4. The van der Waals surface area contributed by atoms with Crippen molar-refractivity contribution in [1.29, 1.82) is 0 Å². The Morgan fingerprint density at radius 2 is 2.15 bits per heavy atom. The van der Waals surface area contributed by atoms with Crippen LogP contribution in [0.15, 0.2) is 54.7 Å². The molecule has 9 heteroatoms.